The van der Waals surface area contributed by atoms with Gasteiger partial charge in [-0.15, -0.1) is 11.3 Å². The summed E-state index contributed by atoms with van der Waals surface area (Å²) < 4.78 is 0. The van der Waals surface area contributed by atoms with Crippen LogP contribution in [0.1, 0.15) is 34.0 Å². The lowest BCUT2D eigenvalue weighted by molar-refractivity contribution is 0.0727. The van der Waals surface area contributed by atoms with Crippen LogP contribution in [0.15, 0.2) is 6.07 Å². The minimum Gasteiger partial charge on any atom is -0.394 e. The summed E-state index contributed by atoms with van der Waals surface area (Å²) in [7, 11) is 0. The second kappa shape index (κ2) is 5.62. The minimum absolute atomic E-state index is 0.247. The molecule has 0 atom stereocenters. The number of aliphatic hydroxyl groups is 2. The number of carbonyl (C=O) groups is 1. The smallest absolute Gasteiger partial charge is 0.261 e. The van der Waals surface area contributed by atoms with Crippen LogP contribution in [-0.2, 0) is 6.42 Å². The Balaban J connectivity index is 2.83. The van der Waals surface area contributed by atoms with E-state index in [0.29, 0.717) is 4.88 Å². The van der Waals surface area contributed by atoms with Crippen LogP contribution in [0.25, 0.3) is 0 Å². The summed E-state index contributed by atoms with van der Waals surface area (Å²) in [5.41, 5.74) is 0.191. The van der Waals surface area contributed by atoms with Crippen LogP contribution >= 0.6 is 11.3 Å². The molecule has 0 saturated carbocycles. The fourth-order valence-corrected chi connectivity index (χ4v) is 2.46. The van der Waals surface area contributed by atoms with Gasteiger partial charge in [-0.05, 0) is 31.9 Å². The Labute approximate surface area is 105 Å². The largest absolute Gasteiger partial charge is 0.394 e. The molecule has 0 spiro atoms. The molecule has 3 N–H and O–H groups in total. The van der Waals surface area contributed by atoms with Crippen LogP contribution in [0.5, 0.6) is 0 Å². The van der Waals surface area contributed by atoms with Crippen LogP contribution in [0.4, 0.5) is 0 Å². The number of thiophene rings is 1. The van der Waals surface area contributed by atoms with Crippen molar-refractivity contribution in [3.63, 3.8) is 0 Å². The maximum Gasteiger partial charge on any atom is 0.261 e. The predicted octanol–water partition coefficient (Wildman–Crippen LogP) is 1.09. The lowest BCUT2D eigenvalue weighted by Crippen LogP contribution is -2.51. The number of nitrogens with one attached hydrogen (secondary N) is 1. The summed E-state index contributed by atoms with van der Waals surface area (Å²) in [5.74, 6) is -0.247. The zero-order valence-corrected chi connectivity index (χ0v) is 11.2. The molecule has 0 aromatic carbocycles. The first-order chi connectivity index (χ1) is 7.95. The molecule has 96 valence electrons. The summed E-state index contributed by atoms with van der Waals surface area (Å²) >= 11 is 1.43. The summed E-state index contributed by atoms with van der Waals surface area (Å²) in [6.45, 7) is 5.05. The van der Waals surface area contributed by atoms with Crippen molar-refractivity contribution in [1.29, 1.82) is 0 Å². The molecule has 0 unspecified atom stereocenters. The minimum atomic E-state index is -0.971. The van der Waals surface area contributed by atoms with Gasteiger partial charge in [-0.1, -0.05) is 6.92 Å². The molecule has 0 bridgehead atoms. The third-order valence-electron chi connectivity index (χ3n) is 2.74. The van der Waals surface area contributed by atoms with Gasteiger partial charge in [0, 0.05) is 4.88 Å². The van der Waals surface area contributed by atoms with Gasteiger partial charge in [0.25, 0.3) is 5.91 Å². The summed E-state index contributed by atoms with van der Waals surface area (Å²) in [4.78, 5) is 13.7. The van der Waals surface area contributed by atoms with Crippen molar-refractivity contribution in [2.45, 2.75) is 32.7 Å². The summed E-state index contributed by atoms with van der Waals surface area (Å²) in [6, 6.07) is 1.87. The Bertz CT molecular complexity index is 396. The van der Waals surface area contributed by atoms with Crippen molar-refractivity contribution in [1.82, 2.24) is 5.32 Å². The Morgan fingerprint density at radius 2 is 2.06 bits per heavy atom. The molecular weight excluding hydrogens is 238 g/mol. The van der Waals surface area contributed by atoms with Crippen LogP contribution < -0.4 is 5.32 Å². The fourth-order valence-electron chi connectivity index (χ4n) is 1.45. The zero-order chi connectivity index (χ0) is 13.1. The van der Waals surface area contributed by atoms with Crippen molar-refractivity contribution in [3.8, 4) is 0 Å². The number of hydrogen-bond acceptors (Lipinski definition) is 4. The molecule has 1 rings (SSSR count). The second-order valence-corrected chi connectivity index (χ2v) is 5.63. The van der Waals surface area contributed by atoms with Crippen molar-refractivity contribution in [3.05, 3.63) is 21.4 Å². The van der Waals surface area contributed by atoms with Gasteiger partial charge in [0.2, 0.25) is 0 Å². The fraction of sp³-hybridized carbons (Fsp3) is 0.583. The summed E-state index contributed by atoms with van der Waals surface area (Å²) in [6.07, 6.45) is 0.896. The molecule has 0 aliphatic heterocycles. The van der Waals surface area contributed by atoms with Crippen molar-refractivity contribution < 1.29 is 15.0 Å². The van der Waals surface area contributed by atoms with Crippen LogP contribution in [0.2, 0.25) is 0 Å². The number of hydrogen-bond donors (Lipinski definition) is 3. The Morgan fingerprint density at radius 3 is 2.47 bits per heavy atom. The molecule has 0 aliphatic rings. The van der Waals surface area contributed by atoms with E-state index in [4.69, 9.17) is 10.2 Å². The van der Waals surface area contributed by atoms with E-state index >= 15 is 0 Å². The predicted molar refractivity (Wildman–Crippen MR) is 68.5 cm³/mol. The van der Waals surface area contributed by atoms with Gasteiger partial charge in [-0.25, -0.2) is 0 Å². The van der Waals surface area contributed by atoms with E-state index in [2.05, 4.69) is 5.32 Å². The lowest BCUT2D eigenvalue weighted by Gasteiger charge is -2.25. The molecule has 4 nitrogen and oxygen atoms in total. The standard InChI is InChI=1S/C12H19NO3S/c1-4-9-5-10(17-8(9)2)11(16)13-12(3,6-14)7-15/h5,14-15H,4,6-7H2,1-3H3,(H,13,16). The van der Waals surface area contributed by atoms with Gasteiger partial charge in [0.15, 0.2) is 0 Å². The maximum absolute atomic E-state index is 11.9. The van der Waals surface area contributed by atoms with E-state index in [0.717, 1.165) is 16.9 Å². The Hall–Kier alpha value is -0.910. The molecule has 0 aliphatic carbocycles. The normalized spacial score (nSPS) is 11.6. The van der Waals surface area contributed by atoms with E-state index in [1.54, 1.807) is 6.92 Å². The van der Waals surface area contributed by atoms with Gasteiger partial charge < -0.3 is 15.5 Å². The van der Waals surface area contributed by atoms with E-state index in [1.165, 1.54) is 11.3 Å². The van der Waals surface area contributed by atoms with Crippen molar-refractivity contribution in [2.75, 3.05) is 13.2 Å². The average molecular weight is 257 g/mol. The topological polar surface area (TPSA) is 69.6 Å². The van der Waals surface area contributed by atoms with Gasteiger partial charge in [0.05, 0.1) is 23.6 Å². The van der Waals surface area contributed by atoms with Crippen LogP contribution in [0.3, 0.4) is 0 Å². The zero-order valence-electron chi connectivity index (χ0n) is 10.4. The van der Waals surface area contributed by atoms with E-state index in [9.17, 15) is 4.79 Å². The third kappa shape index (κ3) is 3.28. The number of amides is 1. The van der Waals surface area contributed by atoms with E-state index in [-0.39, 0.29) is 19.1 Å². The van der Waals surface area contributed by atoms with Crippen LogP contribution in [-0.4, -0.2) is 34.9 Å². The highest BCUT2D eigenvalue weighted by molar-refractivity contribution is 7.14. The quantitative estimate of drug-likeness (QED) is 0.739. The molecule has 1 amide bonds. The first kappa shape index (κ1) is 14.2. The third-order valence-corrected chi connectivity index (χ3v) is 3.83. The van der Waals surface area contributed by atoms with Crippen LogP contribution in [0, 0.1) is 6.92 Å². The molecule has 1 heterocycles. The Morgan fingerprint density at radius 1 is 1.47 bits per heavy atom. The number of carbonyl (C=O) groups excluding carboxylic acids is 1. The highest BCUT2D eigenvalue weighted by Gasteiger charge is 2.26. The highest BCUT2D eigenvalue weighted by Crippen LogP contribution is 2.22. The SMILES string of the molecule is CCc1cc(C(=O)NC(C)(CO)CO)sc1C. The summed E-state index contributed by atoms with van der Waals surface area (Å²) in [5, 5.41) is 20.9. The molecule has 0 saturated heterocycles. The molecular formula is C12H19NO3S. The molecule has 1 aromatic heterocycles. The second-order valence-electron chi connectivity index (χ2n) is 4.38. The highest BCUT2D eigenvalue weighted by atomic mass is 32.1. The number of aliphatic hydroxyl groups excluding tert-OH is 2. The van der Waals surface area contributed by atoms with E-state index in [1.807, 2.05) is 19.9 Å². The first-order valence-corrected chi connectivity index (χ1v) is 6.41. The average Bonchev–Trinajstić information content (AvgIpc) is 2.70. The molecule has 0 fully saturated rings. The number of rotatable bonds is 5. The maximum atomic E-state index is 11.9. The Kier molecular flexibility index (Phi) is 4.68. The first-order valence-electron chi connectivity index (χ1n) is 5.59. The van der Waals surface area contributed by atoms with Gasteiger partial charge in [0.1, 0.15) is 0 Å². The van der Waals surface area contributed by atoms with Gasteiger partial charge in [-0.2, -0.15) is 0 Å². The van der Waals surface area contributed by atoms with Gasteiger partial charge >= 0.3 is 0 Å². The van der Waals surface area contributed by atoms with Crippen molar-refractivity contribution >= 4 is 17.2 Å². The molecule has 1 aromatic rings. The van der Waals surface area contributed by atoms with Crippen molar-refractivity contribution in [2.24, 2.45) is 0 Å². The molecule has 5 heteroatoms. The number of aryl methyl sites for hydroxylation is 2. The lowest BCUT2D eigenvalue weighted by atomic mass is 10.1. The van der Waals surface area contributed by atoms with Gasteiger partial charge in [-0.3, -0.25) is 4.79 Å². The monoisotopic (exact) mass is 257 g/mol. The van der Waals surface area contributed by atoms with E-state index < -0.39 is 5.54 Å². The molecule has 17 heavy (non-hydrogen) atoms. The molecule has 0 radical (unpaired) electrons.